The smallest absolute Gasteiger partial charge is 0.475 e. The number of carbonyl (C=O) groups excluding carboxylic acids is 2. The monoisotopic (exact) mass is 589 g/mol. The number of hydrogen-bond acceptors (Lipinski definition) is 8. The first-order valence-electron chi connectivity index (χ1n) is 13.3. The normalized spacial score (nSPS) is 17.9. The summed E-state index contributed by atoms with van der Waals surface area (Å²) in [7, 11) is 0. The number of carboxylic acid groups (broad SMARTS) is 1. The Morgan fingerprint density at radius 1 is 1.19 bits per heavy atom. The molecule has 2 aliphatic heterocycles. The highest BCUT2D eigenvalue weighted by Crippen LogP contribution is 2.42. The number of nitrogens with zero attached hydrogens (tertiary/aromatic N) is 2. The summed E-state index contributed by atoms with van der Waals surface area (Å²) in [4.78, 5) is 53.5. The number of fused-ring (bicyclic) bond motifs is 5. The predicted octanol–water partition coefficient (Wildman–Crippen LogP) is 3.81. The highest BCUT2D eigenvalue weighted by Gasteiger charge is 2.51. The zero-order chi connectivity index (χ0) is 31.1. The van der Waals surface area contributed by atoms with Gasteiger partial charge in [-0.1, -0.05) is 45.9 Å². The summed E-state index contributed by atoms with van der Waals surface area (Å²) >= 11 is 0. The van der Waals surface area contributed by atoms with Crippen LogP contribution < -0.4 is 11.3 Å². The summed E-state index contributed by atoms with van der Waals surface area (Å²) in [5, 5.41) is 8.19. The third-order valence-corrected chi connectivity index (χ3v) is 7.54. The third kappa shape index (κ3) is 5.13. The van der Waals surface area contributed by atoms with Crippen LogP contribution in [0.2, 0.25) is 0 Å². The van der Waals surface area contributed by atoms with E-state index in [1.165, 1.54) is 0 Å². The Kier molecular flexibility index (Phi) is 8.18. The maximum atomic E-state index is 13.7. The maximum absolute atomic E-state index is 13.7. The molecule has 0 unspecified atom stereocenters. The fourth-order valence-electron chi connectivity index (χ4n) is 5.19. The molecule has 0 aliphatic carbocycles. The molecule has 2 atom stereocenters. The average Bonchev–Trinajstić information content (AvgIpc) is 3.31. The number of ether oxygens (including phenoxy) is 2. The van der Waals surface area contributed by atoms with Crippen molar-refractivity contribution < 1.29 is 42.1 Å². The summed E-state index contributed by atoms with van der Waals surface area (Å²) in [5.74, 6) is -4.34. The van der Waals surface area contributed by atoms with Crippen molar-refractivity contribution in [1.29, 1.82) is 0 Å². The van der Waals surface area contributed by atoms with Gasteiger partial charge in [-0.05, 0) is 36.5 Å². The molecule has 42 heavy (non-hydrogen) atoms. The van der Waals surface area contributed by atoms with Crippen molar-refractivity contribution in [3.05, 3.63) is 62.9 Å². The lowest BCUT2D eigenvalue weighted by Crippen LogP contribution is -2.50. The fraction of sp³-hybridized carbons (Fsp3) is 0.414. The van der Waals surface area contributed by atoms with Gasteiger partial charge in [0.15, 0.2) is 0 Å². The average molecular weight is 590 g/mol. The van der Waals surface area contributed by atoms with Crippen molar-refractivity contribution in [2.75, 3.05) is 0 Å². The molecule has 2 aliphatic rings. The molecule has 1 aromatic carbocycles. The fourth-order valence-corrected chi connectivity index (χ4v) is 5.19. The number of cyclic esters (lactones) is 1. The molecule has 0 spiro atoms. The predicted molar refractivity (Wildman–Crippen MR) is 144 cm³/mol. The van der Waals surface area contributed by atoms with E-state index < -0.39 is 35.7 Å². The molecule has 3 N–H and O–H groups in total. The van der Waals surface area contributed by atoms with Gasteiger partial charge in [-0.3, -0.25) is 9.59 Å². The lowest BCUT2D eigenvalue weighted by Gasteiger charge is -2.36. The molecule has 0 bridgehead atoms. The number of hydrogen-bond donors (Lipinski definition) is 2. The van der Waals surface area contributed by atoms with Crippen LogP contribution in [0, 0.1) is 5.92 Å². The van der Waals surface area contributed by atoms with Crippen molar-refractivity contribution >= 4 is 28.8 Å². The minimum absolute atomic E-state index is 0.108. The Balaban J connectivity index is 0.000000517. The number of esters is 2. The number of aliphatic carboxylic acids is 1. The Hall–Kier alpha value is -4.26. The second-order valence-corrected chi connectivity index (χ2v) is 10.4. The Morgan fingerprint density at radius 3 is 2.40 bits per heavy atom. The van der Waals surface area contributed by atoms with Crippen LogP contribution >= 0.6 is 0 Å². The lowest BCUT2D eigenvalue weighted by atomic mass is 9.85. The number of aryl methyl sites for hydroxylation is 1. The molecule has 0 fully saturated rings. The van der Waals surface area contributed by atoms with Gasteiger partial charge in [0.2, 0.25) is 5.60 Å². The third-order valence-electron chi connectivity index (χ3n) is 7.54. The molecule has 4 heterocycles. The first-order valence-corrected chi connectivity index (χ1v) is 13.3. The van der Waals surface area contributed by atoms with Gasteiger partial charge in [-0.25, -0.2) is 14.6 Å². The zero-order valence-corrected chi connectivity index (χ0v) is 23.4. The molecule has 13 heteroatoms. The molecule has 224 valence electrons. The van der Waals surface area contributed by atoms with Crippen LogP contribution in [0.25, 0.3) is 22.3 Å². The van der Waals surface area contributed by atoms with E-state index in [4.69, 9.17) is 30.1 Å². The number of carboxylic acids is 1. The van der Waals surface area contributed by atoms with Crippen LogP contribution in [-0.4, -0.2) is 44.8 Å². The largest absolute Gasteiger partial charge is 0.490 e. The van der Waals surface area contributed by atoms with E-state index in [0.717, 1.165) is 34.1 Å². The molecule has 3 aromatic rings. The Morgan fingerprint density at radius 2 is 1.83 bits per heavy atom. The van der Waals surface area contributed by atoms with Gasteiger partial charge < -0.3 is 24.9 Å². The topological polar surface area (TPSA) is 151 Å². The molecule has 2 aromatic heterocycles. The summed E-state index contributed by atoms with van der Waals surface area (Å²) in [6, 6.07) is 8.79. The van der Waals surface area contributed by atoms with Crippen molar-refractivity contribution in [2.24, 2.45) is 11.7 Å². The number of para-hydroxylation sites is 1. The van der Waals surface area contributed by atoms with Gasteiger partial charge in [0.1, 0.15) is 12.6 Å². The molecule has 0 radical (unpaired) electrons. The quantitative estimate of drug-likeness (QED) is 0.331. The van der Waals surface area contributed by atoms with Crippen LogP contribution in [-0.2, 0) is 49.0 Å². The summed E-state index contributed by atoms with van der Waals surface area (Å²) in [6.45, 7) is 7.64. The number of rotatable bonds is 5. The van der Waals surface area contributed by atoms with Crippen LogP contribution in [0.5, 0.6) is 0 Å². The standard InChI is InChI=1S/C27H29N3O5.C2HF3O2/c1-5-15-16-9-7-8-10-20(16)29-23-17(15)12-30-21(23)11-19-18(24(30)31)13-34-26(33)27(19,6-2)35-25(32)22(28)14(3)4;3-2(4,5)1(6)7/h7-11,14,22H,5-6,12-13,28H2,1-4H3;(H,6,7)/t22-,27-;/m0./s1. The van der Waals surface area contributed by atoms with Gasteiger partial charge >= 0.3 is 24.1 Å². The van der Waals surface area contributed by atoms with E-state index >= 15 is 0 Å². The van der Waals surface area contributed by atoms with E-state index in [9.17, 15) is 27.6 Å². The van der Waals surface area contributed by atoms with E-state index in [2.05, 4.69) is 6.92 Å². The van der Waals surface area contributed by atoms with Gasteiger partial charge in [-0.15, -0.1) is 0 Å². The molecule has 0 amide bonds. The van der Waals surface area contributed by atoms with Crippen molar-refractivity contribution in [3.63, 3.8) is 0 Å². The summed E-state index contributed by atoms with van der Waals surface area (Å²) < 4.78 is 44.6. The van der Waals surface area contributed by atoms with Gasteiger partial charge in [0.05, 0.1) is 29.0 Å². The van der Waals surface area contributed by atoms with E-state index in [-0.39, 0.29) is 24.5 Å². The van der Waals surface area contributed by atoms with Crippen LogP contribution in [0.4, 0.5) is 13.2 Å². The minimum atomic E-state index is -5.08. The van der Waals surface area contributed by atoms with Crippen LogP contribution in [0.1, 0.15) is 56.4 Å². The number of halogens is 3. The number of carbonyl (C=O) groups is 3. The maximum Gasteiger partial charge on any atom is 0.490 e. The summed E-state index contributed by atoms with van der Waals surface area (Å²) in [5.41, 5.74) is 9.01. The van der Waals surface area contributed by atoms with Crippen molar-refractivity contribution in [1.82, 2.24) is 9.55 Å². The van der Waals surface area contributed by atoms with E-state index in [1.54, 1.807) is 31.4 Å². The second-order valence-electron chi connectivity index (χ2n) is 10.4. The number of benzene rings is 1. The lowest BCUT2D eigenvalue weighted by molar-refractivity contribution is -0.192. The number of pyridine rings is 2. The number of alkyl halides is 3. The Bertz CT molecular complexity index is 1650. The highest BCUT2D eigenvalue weighted by atomic mass is 19.4. The highest BCUT2D eigenvalue weighted by molar-refractivity contribution is 5.90. The first kappa shape index (κ1) is 30.7. The second kappa shape index (κ2) is 11.2. The zero-order valence-electron chi connectivity index (χ0n) is 23.4. The molecular weight excluding hydrogens is 559 g/mol. The SMILES string of the molecule is CCc1c2c(nc3ccccc13)-c1cc3c(c(=O)n1C2)COC(=O)[C@@]3(CC)OC(=O)[C@@H](N)C(C)C.O=C(O)C(F)(F)F. The van der Waals surface area contributed by atoms with Crippen LogP contribution in [0.3, 0.4) is 0 Å². The van der Waals surface area contributed by atoms with Crippen molar-refractivity contribution in [3.8, 4) is 11.4 Å². The minimum Gasteiger partial charge on any atom is -0.475 e. The van der Waals surface area contributed by atoms with E-state index in [1.807, 2.05) is 24.3 Å². The number of nitrogens with two attached hydrogens (primary N) is 1. The molecular formula is C29H30F3N3O7. The van der Waals surface area contributed by atoms with E-state index in [0.29, 0.717) is 23.4 Å². The van der Waals surface area contributed by atoms with Gasteiger partial charge in [0.25, 0.3) is 5.56 Å². The molecule has 0 saturated heterocycles. The molecule has 5 rings (SSSR count). The van der Waals surface area contributed by atoms with Crippen molar-refractivity contribution in [2.45, 2.75) is 71.5 Å². The molecule has 0 saturated carbocycles. The summed E-state index contributed by atoms with van der Waals surface area (Å²) in [6.07, 6.45) is -4.19. The Labute approximate surface area is 238 Å². The van der Waals surface area contributed by atoms with Gasteiger partial charge in [-0.2, -0.15) is 13.2 Å². The number of aromatic nitrogens is 2. The van der Waals surface area contributed by atoms with Gasteiger partial charge in [0, 0.05) is 16.5 Å². The van der Waals surface area contributed by atoms with Crippen LogP contribution in [0.15, 0.2) is 35.1 Å². The molecule has 10 nitrogen and oxygen atoms in total. The first-order chi connectivity index (χ1) is 19.7.